The smallest absolute Gasteiger partial charge is 0.242 e. The lowest BCUT2D eigenvalue weighted by molar-refractivity contribution is 0.309. The molecule has 1 aromatic rings. The van der Waals surface area contributed by atoms with Crippen LogP contribution in [0.15, 0.2) is 23.4 Å². The lowest BCUT2D eigenvalue weighted by atomic mass is 10.3. The molecule has 0 unspecified atom stereocenters. The fraction of sp³-hybridized carbons (Fsp3) is 0.500. The minimum absolute atomic E-state index is 0.0757. The second-order valence-corrected chi connectivity index (χ2v) is 6.06. The Kier molecular flexibility index (Phi) is 7.32. The lowest BCUT2D eigenvalue weighted by Gasteiger charge is -2.17. The van der Waals surface area contributed by atoms with Crippen LogP contribution >= 0.6 is 0 Å². The topological polar surface area (TPSA) is 82.5 Å². The molecule has 1 aromatic heterocycles. The summed E-state index contributed by atoms with van der Waals surface area (Å²) in [7, 11) is -3.59. The van der Waals surface area contributed by atoms with Crippen molar-refractivity contribution in [3.05, 3.63) is 24.0 Å². The van der Waals surface area contributed by atoms with Crippen LogP contribution in [0, 0.1) is 11.8 Å². The Morgan fingerprint density at radius 1 is 1.33 bits per heavy atom. The monoisotopic (exact) mass is 311 g/mol. The number of hydrogen-bond donors (Lipinski definition) is 2. The van der Waals surface area contributed by atoms with Gasteiger partial charge in [0.25, 0.3) is 0 Å². The number of rotatable bonds is 7. The molecule has 21 heavy (non-hydrogen) atoms. The van der Waals surface area contributed by atoms with Crippen molar-refractivity contribution in [1.82, 2.24) is 14.6 Å². The quantitative estimate of drug-likeness (QED) is 0.695. The van der Waals surface area contributed by atoms with E-state index in [1.165, 1.54) is 18.5 Å². The van der Waals surface area contributed by atoms with Crippen molar-refractivity contribution in [3.8, 4) is 11.8 Å². The van der Waals surface area contributed by atoms with E-state index in [1.807, 2.05) is 13.8 Å². The van der Waals surface area contributed by atoms with Crippen molar-refractivity contribution < 1.29 is 13.5 Å². The van der Waals surface area contributed by atoms with Gasteiger partial charge < -0.3 is 10.0 Å². The third kappa shape index (κ3) is 5.81. The van der Waals surface area contributed by atoms with E-state index in [2.05, 4.69) is 26.4 Å². The van der Waals surface area contributed by atoms with Crippen LogP contribution in [-0.4, -0.2) is 56.2 Å². The molecule has 0 atom stereocenters. The van der Waals surface area contributed by atoms with Crippen molar-refractivity contribution in [1.29, 1.82) is 0 Å². The van der Waals surface area contributed by atoms with Crippen LogP contribution < -0.4 is 4.72 Å². The van der Waals surface area contributed by atoms with E-state index in [9.17, 15) is 8.42 Å². The zero-order chi connectivity index (χ0) is 15.7. The molecule has 2 N–H and O–H groups in total. The summed E-state index contributed by atoms with van der Waals surface area (Å²) in [5.74, 6) is 5.10. The first-order valence-corrected chi connectivity index (χ1v) is 8.28. The highest BCUT2D eigenvalue weighted by atomic mass is 32.2. The standard InChI is InChI=1S/C14H21N3O3S/c1-3-17(4-2)8-7-16-21(19,20)14-10-13(6-5-9-18)11-15-12-14/h10-12,16,18H,3-4,7-9H2,1-2H3. The van der Waals surface area contributed by atoms with Gasteiger partial charge in [0.15, 0.2) is 0 Å². The summed E-state index contributed by atoms with van der Waals surface area (Å²) in [6, 6.07) is 1.44. The fourth-order valence-electron chi connectivity index (χ4n) is 1.74. The maximum atomic E-state index is 12.1. The first kappa shape index (κ1) is 17.6. The van der Waals surface area contributed by atoms with E-state index in [4.69, 9.17) is 5.11 Å². The number of hydrogen-bond acceptors (Lipinski definition) is 5. The molecule has 7 heteroatoms. The van der Waals surface area contributed by atoms with Crippen molar-refractivity contribution in [2.24, 2.45) is 0 Å². The van der Waals surface area contributed by atoms with Crippen molar-refractivity contribution >= 4 is 10.0 Å². The summed E-state index contributed by atoms with van der Waals surface area (Å²) in [5.41, 5.74) is 0.454. The molecule has 0 bridgehead atoms. The van der Waals surface area contributed by atoms with E-state index in [-0.39, 0.29) is 11.5 Å². The molecular weight excluding hydrogens is 290 g/mol. The summed E-state index contributed by atoms with van der Waals surface area (Å²) in [6.45, 7) is 6.55. The molecule has 0 fully saturated rings. The molecular formula is C14H21N3O3S. The highest BCUT2D eigenvalue weighted by molar-refractivity contribution is 7.89. The van der Waals surface area contributed by atoms with Gasteiger partial charge in [-0.25, -0.2) is 13.1 Å². The van der Waals surface area contributed by atoms with Crippen LogP contribution in [0.4, 0.5) is 0 Å². The maximum absolute atomic E-state index is 12.1. The highest BCUT2D eigenvalue weighted by Gasteiger charge is 2.14. The summed E-state index contributed by atoms with van der Waals surface area (Å²) in [4.78, 5) is 6.07. The van der Waals surface area contributed by atoms with E-state index >= 15 is 0 Å². The van der Waals surface area contributed by atoms with E-state index in [0.29, 0.717) is 18.7 Å². The van der Waals surface area contributed by atoms with Crippen LogP contribution in [-0.2, 0) is 10.0 Å². The molecule has 6 nitrogen and oxygen atoms in total. The SMILES string of the molecule is CCN(CC)CCNS(=O)(=O)c1cncc(C#CCO)c1. The number of sulfonamides is 1. The van der Waals surface area contributed by atoms with Gasteiger partial charge in [0.2, 0.25) is 10.0 Å². The van der Waals surface area contributed by atoms with Gasteiger partial charge in [0.05, 0.1) is 0 Å². The Bertz CT molecular complexity index is 601. The van der Waals surface area contributed by atoms with Gasteiger partial charge in [0.1, 0.15) is 11.5 Å². The minimum Gasteiger partial charge on any atom is -0.384 e. The number of nitrogens with one attached hydrogen (secondary N) is 1. The van der Waals surface area contributed by atoms with Crippen molar-refractivity contribution in [3.63, 3.8) is 0 Å². The van der Waals surface area contributed by atoms with Crippen molar-refractivity contribution in [2.75, 3.05) is 32.8 Å². The summed E-state index contributed by atoms with van der Waals surface area (Å²) in [6.07, 6.45) is 2.74. The minimum atomic E-state index is -3.59. The second kappa shape index (κ2) is 8.74. The Morgan fingerprint density at radius 3 is 2.67 bits per heavy atom. The lowest BCUT2D eigenvalue weighted by Crippen LogP contribution is -2.34. The molecule has 0 spiro atoms. The van der Waals surface area contributed by atoms with E-state index < -0.39 is 10.0 Å². The average Bonchev–Trinajstić information content (AvgIpc) is 2.50. The van der Waals surface area contributed by atoms with Crippen LogP contribution in [0.5, 0.6) is 0 Å². The average molecular weight is 311 g/mol. The Morgan fingerprint density at radius 2 is 2.05 bits per heavy atom. The van der Waals surface area contributed by atoms with E-state index in [1.54, 1.807) is 0 Å². The molecule has 0 radical (unpaired) electrons. The summed E-state index contributed by atoms with van der Waals surface area (Å²) in [5, 5.41) is 8.64. The number of aromatic nitrogens is 1. The molecule has 0 aliphatic heterocycles. The van der Waals surface area contributed by atoms with Gasteiger partial charge in [-0.15, -0.1) is 0 Å². The molecule has 116 valence electrons. The fourth-order valence-corrected chi connectivity index (χ4v) is 2.75. The van der Waals surface area contributed by atoms with Gasteiger partial charge in [0, 0.05) is 31.0 Å². The van der Waals surface area contributed by atoms with Crippen LogP contribution in [0.2, 0.25) is 0 Å². The maximum Gasteiger partial charge on any atom is 0.242 e. The Labute approximate surface area is 126 Å². The normalized spacial score (nSPS) is 11.2. The van der Waals surface area contributed by atoms with E-state index in [0.717, 1.165) is 13.1 Å². The number of likely N-dealkylation sites (N-methyl/N-ethyl adjacent to an activating group) is 1. The molecule has 0 amide bonds. The van der Waals surface area contributed by atoms with Gasteiger partial charge >= 0.3 is 0 Å². The molecule has 0 saturated heterocycles. The number of pyridine rings is 1. The van der Waals surface area contributed by atoms with Crippen LogP contribution in [0.25, 0.3) is 0 Å². The second-order valence-electron chi connectivity index (χ2n) is 4.29. The van der Waals surface area contributed by atoms with Gasteiger partial charge in [-0.05, 0) is 19.2 Å². The molecule has 1 rings (SSSR count). The number of aliphatic hydroxyl groups is 1. The van der Waals surface area contributed by atoms with Crippen LogP contribution in [0.1, 0.15) is 19.4 Å². The number of aliphatic hydroxyl groups excluding tert-OH is 1. The third-order valence-corrected chi connectivity index (χ3v) is 4.38. The Hall–Kier alpha value is -1.46. The molecule has 0 aliphatic carbocycles. The zero-order valence-electron chi connectivity index (χ0n) is 12.3. The van der Waals surface area contributed by atoms with Crippen LogP contribution in [0.3, 0.4) is 0 Å². The third-order valence-electron chi connectivity index (χ3n) is 2.95. The first-order chi connectivity index (χ1) is 10.0. The summed E-state index contributed by atoms with van der Waals surface area (Å²) >= 11 is 0. The molecule has 0 saturated carbocycles. The van der Waals surface area contributed by atoms with Gasteiger partial charge in [-0.2, -0.15) is 0 Å². The predicted octanol–water partition coefficient (Wildman–Crippen LogP) is 0.0455. The summed E-state index contributed by atoms with van der Waals surface area (Å²) < 4.78 is 26.8. The number of nitrogens with zero attached hydrogens (tertiary/aromatic N) is 2. The largest absolute Gasteiger partial charge is 0.384 e. The Balaban J connectivity index is 2.74. The van der Waals surface area contributed by atoms with Gasteiger partial charge in [-0.3, -0.25) is 4.98 Å². The zero-order valence-corrected chi connectivity index (χ0v) is 13.2. The molecule has 0 aliphatic rings. The molecule has 0 aromatic carbocycles. The predicted molar refractivity (Wildman–Crippen MR) is 81.2 cm³/mol. The van der Waals surface area contributed by atoms with Gasteiger partial charge in [-0.1, -0.05) is 25.7 Å². The molecule has 1 heterocycles. The van der Waals surface area contributed by atoms with Crippen molar-refractivity contribution in [2.45, 2.75) is 18.7 Å². The first-order valence-electron chi connectivity index (χ1n) is 6.80. The highest BCUT2D eigenvalue weighted by Crippen LogP contribution is 2.08.